The lowest BCUT2D eigenvalue weighted by Gasteiger charge is -2.10. The lowest BCUT2D eigenvalue weighted by Crippen LogP contribution is -1.93. The lowest BCUT2D eigenvalue weighted by molar-refractivity contribution is 0.481. The number of rotatable bonds is 2. The minimum atomic E-state index is 0.575. The SMILES string of the molecule is Cc1ccc(N)c(Oc2ccc(C#N)cc2Br)c1. The van der Waals surface area contributed by atoms with Crippen molar-refractivity contribution in [2.75, 3.05) is 5.73 Å². The molecule has 3 nitrogen and oxygen atoms in total. The standard InChI is InChI=1S/C14H11BrN2O/c1-9-2-4-12(17)14(6-9)18-13-5-3-10(8-16)7-11(13)15/h2-7H,17H2,1H3. The van der Waals surface area contributed by atoms with Gasteiger partial charge in [-0.1, -0.05) is 6.07 Å². The maximum absolute atomic E-state index is 8.79. The molecule has 0 spiro atoms. The van der Waals surface area contributed by atoms with Crippen LogP contribution in [0.1, 0.15) is 11.1 Å². The molecule has 90 valence electrons. The zero-order valence-corrected chi connectivity index (χ0v) is 11.4. The maximum atomic E-state index is 8.79. The Morgan fingerprint density at radius 2 is 1.94 bits per heavy atom. The molecule has 2 aromatic rings. The second-order valence-electron chi connectivity index (χ2n) is 3.90. The monoisotopic (exact) mass is 302 g/mol. The molecule has 2 aromatic carbocycles. The van der Waals surface area contributed by atoms with E-state index < -0.39 is 0 Å². The fraction of sp³-hybridized carbons (Fsp3) is 0.0714. The van der Waals surface area contributed by atoms with E-state index in [9.17, 15) is 0 Å². The van der Waals surface area contributed by atoms with E-state index in [2.05, 4.69) is 22.0 Å². The van der Waals surface area contributed by atoms with E-state index in [0.29, 0.717) is 22.7 Å². The summed E-state index contributed by atoms with van der Waals surface area (Å²) in [5.74, 6) is 1.24. The van der Waals surface area contributed by atoms with E-state index in [4.69, 9.17) is 15.7 Å². The molecule has 0 heterocycles. The maximum Gasteiger partial charge on any atom is 0.150 e. The van der Waals surface area contributed by atoms with Crippen LogP contribution in [0.4, 0.5) is 5.69 Å². The number of nitrogens with two attached hydrogens (primary N) is 1. The van der Waals surface area contributed by atoms with E-state index in [1.165, 1.54) is 0 Å². The fourth-order valence-corrected chi connectivity index (χ4v) is 1.96. The molecule has 0 saturated carbocycles. The molecule has 0 atom stereocenters. The highest BCUT2D eigenvalue weighted by Crippen LogP contribution is 2.33. The van der Waals surface area contributed by atoms with Crippen LogP contribution in [0.2, 0.25) is 0 Å². The number of aryl methyl sites for hydroxylation is 1. The van der Waals surface area contributed by atoms with Gasteiger partial charge in [0.25, 0.3) is 0 Å². The van der Waals surface area contributed by atoms with Crippen LogP contribution >= 0.6 is 15.9 Å². The summed E-state index contributed by atoms with van der Waals surface area (Å²) in [5, 5.41) is 8.79. The highest BCUT2D eigenvalue weighted by Gasteiger charge is 2.06. The molecular weight excluding hydrogens is 292 g/mol. The Bertz CT molecular complexity index is 632. The quantitative estimate of drug-likeness (QED) is 0.853. The van der Waals surface area contributed by atoms with Crippen LogP contribution in [0.15, 0.2) is 40.9 Å². The number of hydrogen-bond acceptors (Lipinski definition) is 3. The van der Waals surface area contributed by atoms with Crippen molar-refractivity contribution in [3.8, 4) is 17.6 Å². The minimum Gasteiger partial charge on any atom is -0.454 e. The molecule has 0 bridgehead atoms. The van der Waals surface area contributed by atoms with Crippen LogP contribution in [0.3, 0.4) is 0 Å². The zero-order chi connectivity index (χ0) is 13.1. The highest BCUT2D eigenvalue weighted by molar-refractivity contribution is 9.10. The summed E-state index contributed by atoms with van der Waals surface area (Å²) >= 11 is 3.37. The summed E-state index contributed by atoms with van der Waals surface area (Å²) in [7, 11) is 0. The lowest BCUT2D eigenvalue weighted by atomic mass is 10.2. The Morgan fingerprint density at radius 1 is 1.17 bits per heavy atom. The molecule has 0 fully saturated rings. The van der Waals surface area contributed by atoms with Crippen molar-refractivity contribution in [1.29, 1.82) is 5.26 Å². The first-order valence-corrected chi connectivity index (χ1v) is 6.13. The molecule has 0 radical (unpaired) electrons. The molecule has 0 aromatic heterocycles. The predicted molar refractivity (Wildman–Crippen MR) is 74.5 cm³/mol. The molecule has 0 aliphatic heterocycles. The van der Waals surface area contributed by atoms with Crippen LogP contribution in [-0.2, 0) is 0 Å². The van der Waals surface area contributed by atoms with Crippen LogP contribution in [0, 0.1) is 18.3 Å². The highest BCUT2D eigenvalue weighted by atomic mass is 79.9. The van der Waals surface area contributed by atoms with Gasteiger partial charge in [-0.15, -0.1) is 0 Å². The van der Waals surface area contributed by atoms with Crippen LogP contribution in [-0.4, -0.2) is 0 Å². The molecular formula is C14H11BrN2O. The van der Waals surface area contributed by atoms with Crippen molar-refractivity contribution in [3.05, 3.63) is 52.0 Å². The van der Waals surface area contributed by atoms with Crippen molar-refractivity contribution in [1.82, 2.24) is 0 Å². The molecule has 0 unspecified atom stereocenters. The predicted octanol–water partition coefficient (Wildman–Crippen LogP) is 4.00. The molecule has 4 heteroatoms. The number of benzene rings is 2. The van der Waals surface area contributed by atoms with Gasteiger partial charge < -0.3 is 10.5 Å². The van der Waals surface area contributed by atoms with Gasteiger partial charge in [-0.05, 0) is 58.7 Å². The third-order valence-corrected chi connectivity index (χ3v) is 3.07. The van der Waals surface area contributed by atoms with Gasteiger partial charge >= 0.3 is 0 Å². The van der Waals surface area contributed by atoms with Gasteiger partial charge in [0.05, 0.1) is 21.8 Å². The zero-order valence-electron chi connectivity index (χ0n) is 9.77. The largest absolute Gasteiger partial charge is 0.454 e. The Hall–Kier alpha value is -1.99. The number of nitrogens with zero attached hydrogens (tertiary/aromatic N) is 1. The van der Waals surface area contributed by atoms with Gasteiger partial charge in [0, 0.05) is 0 Å². The minimum absolute atomic E-state index is 0.575. The number of hydrogen-bond donors (Lipinski definition) is 1. The Morgan fingerprint density at radius 3 is 2.61 bits per heavy atom. The molecule has 0 saturated heterocycles. The molecule has 2 rings (SSSR count). The van der Waals surface area contributed by atoms with Gasteiger partial charge in [-0.25, -0.2) is 0 Å². The van der Waals surface area contributed by atoms with E-state index in [0.717, 1.165) is 10.0 Å². The van der Waals surface area contributed by atoms with Gasteiger partial charge in [0.15, 0.2) is 5.75 Å². The molecule has 2 N–H and O–H groups in total. The van der Waals surface area contributed by atoms with E-state index in [-0.39, 0.29) is 0 Å². The summed E-state index contributed by atoms with van der Waals surface area (Å²) in [6.45, 7) is 1.97. The Labute approximate surface area is 114 Å². The average Bonchev–Trinajstić information content (AvgIpc) is 2.36. The summed E-state index contributed by atoms with van der Waals surface area (Å²) in [4.78, 5) is 0. The van der Waals surface area contributed by atoms with E-state index in [1.807, 2.05) is 25.1 Å². The second kappa shape index (κ2) is 5.11. The summed E-state index contributed by atoms with van der Waals surface area (Å²) in [6.07, 6.45) is 0. The Kier molecular flexibility index (Phi) is 3.54. The van der Waals surface area contributed by atoms with Gasteiger partial charge in [0.1, 0.15) is 5.75 Å². The average molecular weight is 303 g/mol. The van der Waals surface area contributed by atoms with Gasteiger partial charge in [-0.2, -0.15) is 5.26 Å². The summed E-state index contributed by atoms with van der Waals surface area (Å²) in [6, 6.07) is 12.8. The molecule has 0 aliphatic rings. The second-order valence-corrected chi connectivity index (χ2v) is 4.75. The van der Waals surface area contributed by atoms with Crippen LogP contribution in [0.5, 0.6) is 11.5 Å². The van der Waals surface area contributed by atoms with Gasteiger partial charge in [-0.3, -0.25) is 0 Å². The number of ether oxygens (including phenoxy) is 1. The van der Waals surface area contributed by atoms with E-state index >= 15 is 0 Å². The molecule has 0 aliphatic carbocycles. The van der Waals surface area contributed by atoms with Crippen molar-refractivity contribution < 1.29 is 4.74 Å². The first-order chi connectivity index (χ1) is 8.60. The topological polar surface area (TPSA) is 59.0 Å². The van der Waals surface area contributed by atoms with Crippen molar-refractivity contribution >= 4 is 21.6 Å². The molecule has 18 heavy (non-hydrogen) atoms. The summed E-state index contributed by atoms with van der Waals surface area (Å²) in [5.41, 5.74) is 8.08. The molecule has 0 amide bonds. The number of nitrogen functional groups attached to an aromatic ring is 1. The third-order valence-electron chi connectivity index (χ3n) is 2.45. The van der Waals surface area contributed by atoms with Crippen molar-refractivity contribution in [3.63, 3.8) is 0 Å². The van der Waals surface area contributed by atoms with Gasteiger partial charge in [0.2, 0.25) is 0 Å². The Balaban J connectivity index is 2.34. The van der Waals surface area contributed by atoms with Crippen LogP contribution < -0.4 is 10.5 Å². The van der Waals surface area contributed by atoms with Crippen LogP contribution in [0.25, 0.3) is 0 Å². The normalized spacial score (nSPS) is 9.83. The van der Waals surface area contributed by atoms with Crippen molar-refractivity contribution in [2.45, 2.75) is 6.92 Å². The number of halogens is 1. The first kappa shape index (κ1) is 12.5. The van der Waals surface area contributed by atoms with Crippen molar-refractivity contribution in [2.24, 2.45) is 0 Å². The third kappa shape index (κ3) is 2.63. The smallest absolute Gasteiger partial charge is 0.150 e. The number of anilines is 1. The number of nitriles is 1. The fourth-order valence-electron chi connectivity index (χ4n) is 1.50. The van der Waals surface area contributed by atoms with E-state index in [1.54, 1.807) is 18.2 Å². The summed E-state index contributed by atoms with van der Waals surface area (Å²) < 4.78 is 6.46. The first-order valence-electron chi connectivity index (χ1n) is 5.34.